The molecule has 0 amide bonds. The molecule has 0 aliphatic rings. The van der Waals surface area contributed by atoms with Gasteiger partial charge in [-0.15, -0.1) is 11.3 Å². The van der Waals surface area contributed by atoms with Gasteiger partial charge in [-0.3, -0.25) is 4.99 Å². The minimum absolute atomic E-state index is 0.0319. The van der Waals surface area contributed by atoms with Crippen LogP contribution in [0.1, 0.15) is 37.4 Å². The van der Waals surface area contributed by atoms with E-state index in [9.17, 15) is 0 Å². The SMILES string of the molecule is CC.CC.CN=C(N=C(N)N)N(C)CCc1ccc(C)s1. The van der Waals surface area contributed by atoms with E-state index in [1.54, 1.807) is 7.05 Å². The Morgan fingerprint density at radius 3 is 2.14 bits per heavy atom. The lowest BCUT2D eigenvalue weighted by molar-refractivity contribution is 0.504. The molecule has 122 valence electrons. The molecule has 0 atom stereocenters. The molecule has 0 aliphatic heterocycles. The van der Waals surface area contributed by atoms with Gasteiger partial charge in [0.25, 0.3) is 0 Å². The van der Waals surface area contributed by atoms with Crippen LogP contribution in [-0.4, -0.2) is 37.5 Å². The predicted octanol–water partition coefficient (Wildman–Crippen LogP) is 2.84. The van der Waals surface area contributed by atoms with Gasteiger partial charge in [0.15, 0.2) is 5.96 Å². The minimum atomic E-state index is 0.0319. The van der Waals surface area contributed by atoms with E-state index in [-0.39, 0.29) is 5.96 Å². The quantitative estimate of drug-likeness (QED) is 0.665. The molecule has 0 radical (unpaired) electrons. The molecule has 5 nitrogen and oxygen atoms in total. The molecule has 0 aromatic carbocycles. The van der Waals surface area contributed by atoms with Gasteiger partial charge in [0.2, 0.25) is 5.96 Å². The summed E-state index contributed by atoms with van der Waals surface area (Å²) in [4.78, 5) is 12.6. The Bertz CT molecular complexity index is 419. The molecule has 0 saturated heterocycles. The van der Waals surface area contributed by atoms with Gasteiger partial charge in [0, 0.05) is 30.4 Å². The van der Waals surface area contributed by atoms with Crippen molar-refractivity contribution >= 4 is 23.3 Å². The van der Waals surface area contributed by atoms with Gasteiger partial charge < -0.3 is 16.4 Å². The Kier molecular flexibility index (Phi) is 13.9. The highest BCUT2D eigenvalue weighted by atomic mass is 32.1. The van der Waals surface area contributed by atoms with Crippen molar-refractivity contribution in [3.8, 4) is 0 Å². The van der Waals surface area contributed by atoms with Gasteiger partial charge in [-0.1, -0.05) is 27.7 Å². The number of rotatable bonds is 3. The summed E-state index contributed by atoms with van der Waals surface area (Å²) in [5.74, 6) is 0.586. The van der Waals surface area contributed by atoms with E-state index < -0.39 is 0 Å². The van der Waals surface area contributed by atoms with Crippen LogP contribution in [0.15, 0.2) is 22.1 Å². The molecule has 6 heteroatoms. The molecule has 0 fully saturated rings. The Balaban J connectivity index is 0. The van der Waals surface area contributed by atoms with Gasteiger partial charge in [0.05, 0.1) is 0 Å². The van der Waals surface area contributed by atoms with Gasteiger partial charge in [-0.25, -0.2) is 0 Å². The second kappa shape index (κ2) is 13.4. The van der Waals surface area contributed by atoms with Gasteiger partial charge >= 0.3 is 0 Å². The smallest absolute Gasteiger partial charge is 0.223 e. The molecule has 1 rings (SSSR count). The normalized spacial score (nSPS) is 9.76. The van der Waals surface area contributed by atoms with Gasteiger partial charge in [0.1, 0.15) is 0 Å². The first-order valence-corrected chi connectivity index (χ1v) is 8.17. The van der Waals surface area contributed by atoms with Crippen molar-refractivity contribution in [2.45, 2.75) is 41.0 Å². The third kappa shape index (κ3) is 9.90. The predicted molar refractivity (Wildman–Crippen MR) is 97.3 cm³/mol. The molecular weight excluding hydrogens is 282 g/mol. The van der Waals surface area contributed by atoms with Gasteiger partial charge in [-0.2, -0.15) is 4.99 Å². The number of nitrogens with zero attached hydrogens (tertiary/aromatic N) is 3. The zero-order chi connectivity index (χ0) is 16.8. The third-order valence-electron chi connectivity index (χ3n) is 2.26. The Labute approximate surface area is 133 Å². The standard InChI is InChI=1S/C11H19N5S.2C2H6/c1-8-4-5-9(17-8)6-7-16(3)11(14-2)15-10(12)13;2*1-2/h4-5H,6-7H2,1-3H3,(H4,12,13,14,15);2*1-2H3. The zero-order valence-electron chi connectivity index (χ0n) is 14.5. The number of hydrogen-bond acceptors (Lipinski definition) is 2. The van der Waals surface area contributed by atoms with Crippen molar-refractivity contribution < 1.29 is 0 Å². The Morgan fingerprint density at radius 2 is 1.76 bits per heavy atom. The largest absolute Gasteiger partial charge is 0.370 e. The lowest BCUT2D eigenvalue weighted by Crippen LogP contribution is -2.32. The van der Waals surface area contributed by atoms with Crippen molar-refractivity contribution in [3.63, 3.8) is 0 Å². The first-order chi connectivity index (χ1) is 10.0. The van der Waals surface area contributed by atoms with E-state index in [2.05, 4.69) is 29.0 Å². The first kappa shape index (κ1) is 21.7. The summed E-state index contributed by atoms with van der Waals surface area (Å²) in [7, 11) is 3.60. The average molecular weight is 314 g/mol. The van der Waals surface area contributed by atoms with E-state index >= 15 is 0 Å². The van der Waals surface area contributed by atoms with Crippen LogP contribution in [0, 0.1) is 6.92 Å². The maximum atomic E-state index is 5.34. The fraction of sp³-hybridized carbons (Fsp3) is 0.600. The Hall–Kier alpha value is -1.56. The van der Waals surface area contributed by atoms with Gasteiger partial charge in [-0.05, 0) is 25.5 Å². The molecule has 0 bridgehead atoms. The van der Waals surface area contributed by atoms with Crippen LogP contribution in [0.3, 0.4) is 0 Å². The van der Waals surface area contributed by atoms with Crippen LogP contribution in [-0.2, 0) is 6.42 Å². The number of nitrogens with two attached hydrogens (primary N) is 2. The zero-order valence-corrected chi connectivity index (χ0v) is 15.3. The van der Waals surface area contributed by atoms with Crippen LogP contribution in [0.25, 0.3) is 0 Å². The lowest BCUT2D eigenvalue weighted by Gasteiger charge is -2.17. The molecule has 0 aliphatic carbocycles. The molecule has 21 heavy (non-hydrogen) atoms. The second-order valence-corrected chi connectivity index (χ2v) is 5.12. The fourth-order valence-corrected chi connectivity index (χ4v) is 2.30. The van der Waals surface area contributed by atoms with Crippen LogP contribution < -0.4 is 11.5 Å². The third-order valence-corrected chi connectivity index (χ3v) is 3.32. The highest BCUT2D eigenvalue weighted by Gasteiger charge is 2.05. The number of likely N-dealkylation sites (N-methyl/N-ethyl adjacent to an activating group) is 1. The molecule has 0 saturated carbocycles. The number of aryl methyl sites for hydroxylation is 1. The number of aliphatic imine (C=N–C) groups is 2. The maximum absolute atomic E-state index is 5.34. The molecule has 1 heterocycles. The monoisotopic (exact) mass is 313 g/mol. The van der Waals surface area contributed by atoms with Crippen LogP contribution >= 0.6 is 11.3 Å². The van der Waals surface area contributed by atoms with Crippen LogP contribution in [0.2, 0.25) is 0 Å². The number of hydrogen-bond donors (Lipinski definition) is 2. The summed E-state index contributed by atoms with van der Waals surface area (Å²) >= 11 is 1.81. The first-order valence-electron chi connectivity index (χ1n) is 7.35. The molecule has 4 N–H and O–H groups in total. The van der Waals surface area contributed by atoms with Crippen molar-refractivity contribution in [3.05, 3.63) is 21.9 Å². The van der Waals surface area contributed by atoms with E-state index in [4.69, 9.17) is 11.5 Å². The molecule has 1 aromatic rings. The van der Waals surface area contributed by atoms with E-state index in [1.165, 1.54) is 9.75 Å². The summed E-state index contributed by atoms with van der Waals surface area (Å²) in [6.45, 7) is 10.9. The molecule has 1 aromatic heterocycles. The highest BCUT2D eigenvalue weighted by Crippen LogP contribution is 2.15. The number of guanidine groups is 2. The highest BCUT2D eigenvalue weighted by molar-refractivity contribution is 7.11. The van der Waals surface area contributed by atoms with Crippen molar-refractivity contribution in [2.24, 2.45) is 21.5 Å². The van der Waals surface area contributed by atoms with E-state index in [0.29, 0.717) is 5.96 Å². The van der Waals surface area contributed by atoms with Crippen molar-refractivity contribution in [1.82, 2.24) is 4.90 Å². The molecular formula is C15H31N5S. The van der Waals surface area contributed by atoms with E-state index in [1.807, 2.05) is 51.0 Å². The van der Waals surface area contributed by atoms with E-state index in [0.717, 1.165) is 13.0 Å². The van der Waals surface area contributed by atoms with Crippen LogP contribution in [0.4, 0.5) is 0 Å². The fourth-order valence-electron chi connectivity index (χ4n) is 1.42. The maximum Gasteiger partial charge on any atom is 0.223 e. The van der Waals surface area contributed by atoms with Crippen LogP contribution in [0.5, 0.6) is 0 Å². The summed E-state index contributed by atoms with van der Waals surface area (Å²) in [5, 5.41) is 0. The van der Waals surface area contributed by atoms with Crippen molar-refractivity contribution in [2.75, 3.05) is 20.6 Å². The topological polar surface area (TPSA) is 80.0 Å². The lowest BCUT2D eigenvalue weighted by atomic mass is 10.3. The summed E-state index contributed by atoms with van der Waals surface area (Å²) in [6.07, 6.45) is 0.966. The summed E-state index contributed by atoms with van der Waals surface area (Å²) in [5.41, 5.74) is 10.7. The second-order valence-electron chi connectivity index (χ2n) is 3.74. The molecule has 0 spiro atoms. The van der Waals surface area contributed by atoms with Crippen molar-refractivity contribution in [1.29, 1.82) is 0 Å². The Morgan fingerprint density at radius 1 is 1.19 bits per heavy atom. The molecule has 0 unspecified atom stereocenters. The summed E-state index contributed by atoms with van der Waals surface area (Å²) < 4.78 is 0. The minimum Gasteiger partial charge on any atom is -0.370 e. The summed E-state index contributed by atoms with van der Waals surface area (Å²) in [6, 6.07) is 4.28. The number of thiophene rings is 1. The average Bonchev–Trinajstić information content (AvgIpc) is 2.92.